The molecule has 1 N–H and O–H groups in total. The van der Waals surface area contributed by atoms with Gasteiger partial charge < -0.3 is 15.1 Å². The van der Waals surface area contributed by atoms with Gasteiger partial charge in [0.2, 0.25) is 5.91 Å². The normalized spacial score (nSPS) is 19.4. The fraction of sp³-hybridized carbons (Fsp3) is 0.269. The van der Waals surface area contributed by atoms with E-state index in [0.29, 0.717) is 13.0 Å². The van der Waals surface area contributed by atoms with E-state index in [1.165, 1.54) is 0 Å². The summed E-state index contributed by atoms with van der Waals surface area (Å²) in [6.45, 7) is 2.78. The zero-order valence-corrected chi connectivity index (χ0v) is 18.3. The second kappa shape index (κ2) is 8.94. The fourth-order valence-corrected chi connectivity index (χ4v) is 5.01. The first-order valence-corrected chi connectivity index (χ1v) is 11.3. The number of nitrogens with zero attached hydrogens (tertiary/aromatic N) is 3. The number of anilines is 2. The average molecular weight is 443 g/mol. The SMILES string of the molecule is O=C(NCc1ccccc1)[C@H]1Cc2cc([N+](=O)[O-])ccc2N2CCN(c3ccccc3)C[C@H]12. The summed E-state index contributed by atoms with van der Waals surface area (Å²) in [5.74, 6) is -0.310. The van der Waals surface area contributed by atoms with E-state index in [1.54, 1.807) is 12.1 Å². The highest BCUT2D eigenvalue weighted by atomic mass is 16.6. The minimum absolute atomic E-state index is 0.0105. The molecule has 0 unspecified atom stereocenters. The van der Waals surface area contributed by atoms with E-state index in [2.05, 4.69) is 27.2 Å². The number of nitrogens with one attached hydrogen (secondary N) is 1. The molecule has 0 spiro atoms. The van der Waals surface area contributed by atoms with Crippen LogP contribution in [0.2, 0.25) is 0 Å². The lowest BCUT2D eigenvalue weighted by atomic mass is 9.83. The van der Waals surface area contributed by atoms with Crippen molar-refractivity contribution in [3.05, 3.63) is 100 Å². The number of carbonyl (C=O) groups excluding carboxylic acids is 1. The molecule has 1 amide bonds. The highest BCUT2D eigenvalue weighted by Gasteiger charge is 2.42. The summed E-state index contributed by atoms with van der Waals surface area (Å²) >= 11 is 0. The van der Waals surface area contributed by atoms with Crippen molar-refractivity contribution in [2.75, 3.05) is 29.4 Å². The van der Waals surface area contributed by atoms with Gasteiger partial charge in [-0.3, -0.25) is 14.9 Å². The van der Waals surface area contributed by atoms with Gasteiger partial charge in [0.05, 0.1) is 16.9 Å². The molecule has 0 bridgehead atoms. The number of fused-ring (bicyclic) bond motifs is 3. The summed E-state index contributed by atoms with van der Waals surface area (Å²) in [5, 5.41) is 14.5. The number of rotatable bonds is 5. The second-order valence-electron chi connectivity index (χ2n) is 8.63. The van der Waals surface area contributed by atoms with Gasteiger partial charge in [0.1, 0.15) is 0 Å². The van der Waals surface area contributed by atoms with Crippen LogP contribution in [0.3, 0.4) is 0 Å². The quantitative estimate of drug-likeness (QED) is 0.481. The van der Waals surface area contributed by atoms with Gasteiger partial charge >= 0.3 is 0 Å². The number of non-ortho nitro benzene ring substituents is 1. The molecule has 2 aliphatic heterocycles. The van der Waals surface area contributed by atoms with Crippen LogP contribution >= 0.6 is 0 Å². The van der Waals surface area contributed by atoms with Crippen LogP contribution < -0.4 is 15.1 Å². The van der Waals surface area contributed by atoms with Crippen LogP contribution in [0.15, 0.2) is 78.9 Å². The fourth-order valence-electron chi connectivity index (χ4n) is 5.01. The number of amides is 1. The molecular formula is C26H26N4O3. The van der Waals surface area contributed by atoms with Crippen molar-refractivity contribution in [3.63, 3.8) is 0 Å². The van der Waals surface area contributed by atoms with Gasteiger partial charge in [-0.25, -0.2) is 0 Å². The Labute approximate surface area is 192 Å². The molecule has 168 valence electrons. The molecule has 0 saturated carbocycles. The zero-order chi connectivity index (χ0) is 22.8. The molecule has 5 rings (SSSR count). The molecular weight excluding hydrogens is 416 g/mol. The Balaban J connectivity index is 1.43. The Morgan fingerprint density at radius 3 is 2.45 bits per heavy atom. The lowest BCUT2D eigenvalue weighted by molar-refractivity contribution is -0.384. The van der Waals surface area contributed by atoms with E-state index in [4.69, 9.17) is 0 Å². The van der Waals surface area contributed by atoms with Gasteiger partial charge in [0.15, 0.2) is 0 Å². The van der Waals surface area contributed by atoms with Gasteiger partial charge in [-0.15, -0.1) is 0 Å². The number of hydrogen-bond acceptors (Lipinski definition) is 5. The van der Waals surface area contributed by atoms with Crippen LogP contribution in [0, 0.1) is 16.0 Å². The van der Waals surface area contributed by atoms with Crippen LogP contribution in [0.25, 0.3) is 0 Å². The lowest BCUT2D eigenvalue weighted by Gasteiger charge is -2.49. The molecule has 1 fully saturated rings. The molecule has 0 radical (unpaired) electrons. The third-order valence-corrected chi connectivity index (χ3v) is 6.67. The van der Waals surface area contributed by atoms with Crippen LogP contribution in [0.1, 0.15) is 11.1 Å². The van der Waals surface area contributed by atoms with E-state index in [-0.39, 0.29) is 28.5 Å². The third-order valence-electron chi connectivity index (χ3n) is 6.67. The van der Waals surface area contributed by atoms with E-state index in [9.17, 15) is 14.9 Å². The van der Waals surface area contributed by atoms with E-state index in [1.807, 2.05) is 54.6 Å². The Morgan fingerprint density at radius 2 is 1.73 bits per heavy atom. The summed E-state index contributed by atoms with van der Waals surface area (Å²) in [5.41, 5.74) is 4.14. The molecule has 0 aliphatic carbocycles. The number of nitro groups is 1. The van der Waals surface area contributed by atoms with Crippen LogP contribution in [0.4, 0.5) is 17.1 Å². The minimum Gasteiger partial charge on any atom is -0.368 e. The molecule has 33 heavy (non-hydrogen) atoms. The molecule has 1 saturated heterocycles. The lowest BCUT2D eigenvalue weighted by Crippen LogP contribution is -2.61. The van der Waals surface area contributed by atoms with Crippen molar-refractivity contribution in [1.82, 2.24) is 5.32 Å². The van der Waals surface area contributed by atoms with Gasteiger partial charge in [-0.05, 0) is 35.7 Å². The number of benzene rings is 3. The van der Waals surface area contributed by atoms with Crippen molar-refractivity contribution < 1.29 is 9.72 Å². The number of para-hydroxylation sites is 1. The first-order chi connectivity index (χ1) is 16.1. The van der Waals surface area contributed by atoms with E-state index >= 15 is 0 Å². The Morgan fingerprint density at radius 1 is 1.00 bits per heavy atom. The maximum Gasteiger partial charge on any atom is 0.269 e. The average Bonchev–Trinajstić information content (AvgIpc) is 2.87. The van der Waals surface area contributed by atoms with Crippen molar-refractivity contribution in [2.45, 2.75) is 19.0 Å². The second-order valence-corrected chi connectivity index (χ2v) is 8.63. The minimum atomic E-state index is -0.371. The summed E-state index contributed by atoms with van der Waals surface area (Å²) in [6.07, 6.45) is 0.488. The molecule has 3 aromatic carbocycles. The van der Waals surface area contributed by atoms with Gasteiger partial charge in [-0.2, -0.15) is 0 Å². The zero-order valence-electron chi connectivity index (χ0n) is 18.3. The maximum absolute atomic E-state index is 13.4. The first kappa shape index (κ1) is 21.0. The summed E-state index contributed by atoms with van der Waals surface area (Å²) in [4.78, 5) is 29.0. The third kappa shape index (κ3) is 4.26. The number of nitro benzene ring substituents is 1. The Hall–Kier alpha value is -3.87. The number of piperazine rings is 1. The van der Waals surface area contributed by atoms with Gasteiger partial charge in [0.25, 0.3) is 5.69 Å². The van der Waals surface area contributed by atoms with Gasteiger partial charge in [-0.1, -0.05) is 48.5 Å². The highest BCUT2D eigenvalue weighted by molar-refractivity contribution is 5.82. The largest absolute Gasteiger partial charge is 0.368 e. The van der Waals surface area contributed by atoms with Crippen molar-refractivity contribution in [3.8, 4) is 0 Å². The summed E-state index contributed by atoms with van der Waals surface area (Å²) in [7, 11) is 0. The van der Waals surface area contributed by atoms with Crippen LogP contribution in [-0.2, 0) is 17.8 Å². The van der Waals surface area contributed by atoms with Crippen LogP contribution in [-0.4, -0.2) is 36.5 Å². The maximum atomic E-state index is 13.4. The summed E-state index contributed by atoms with van der Waals surface area (Å²) in [6, 6.07) is 25.1. The first-order valence-electron chi connectivity index (χ1n) is 11.3. The predicted octanol–water partition coefficient (Wildman–Crippen LogP) is 3.78. The van der Waals surface area contributed by atoms with Crippen molar-refractivity contribution in [1.29, 1.82) is 0 Å². The Kier molecular flexibility index (Phi) is 5.69. The molecule has 2 heterocycles. The Bertz CT molecular complexity index is 1150. The molecule has 7 heteroatoms. The van der Waals surface area contributed by atoms with Crippen LogP contribution in [0.5, 0.6) is 0 Å². The van der Waals surface area contributed by atoms with E-state index in [0.717, 1.165) is 42.1 Å². The number of carbonyl (C=O) groups is 1. The van der Waals surface area contributed by atoms with E-state index < -0.39 is 0 Å². The highest BCUT2D eigenvalue weighted by Crippen LogP contribution is 2.38. The summed E-state index contributed by atoms with van der Waals surface area (Å²) < 4.78 is 0. The topological polar surface area (TPSA) is 78.7 Å². The monoisotopic (exact) mass is 442 g/mol. The standard InChI is InChI=1S/C26H26N4O3/c31-26(27-17-19-7-3-1-4-8-19)23-16-20-15-22(30(32)33)11-12-24(20)29-14-13-28(18-25(23)29)21-9-5-2-6-10-21/h1-12,15,23,25H,13-14,16-18H2,(H,27,31)/t23-,25+/m0/s1. The molecule has 3 aromatic rings. The molecule has 2 aliphatic rings. The molecule has 7 nitrogen and oxygen atoms in total. The smallest absolute Gasteiger partial charge is 0.269 e. The van der Waals surface area contributed by atoms with Gasteiger partial charge in [0, 0.05) is 49.7 Å². The molecule has 2 atom stereocenters. The van der Waals surface area contributed by atoms with Crippen molar-refractivity contribution in [2.24, 2.45) is 5.92 Å². The predicted molar refractivity (Wildman–Crippen MR) is 128 cm³/mol. The van der Waals surface area contributed by atoms with Crippen molar-refractivity contribution >= 4 is 23.0 Å². The number of hydrogen-bond donors (Lipinski definition) is 1. The molecule has 0 aromatic heterocycles.